The molecular formula is C17H12F4N2O3. The number of aromatic hydroxyl groups is 1. The first-order valence-corrected chi connectivity index (χ1v) is 8.14. The van der Waals surface area contributed by atoms with E-state index in [4.69, 9.17) is 4.42 Å². The van der Waals surface area contributed by atoms with Crippen LogP contribution in [0.1, 0.15) is 42.7 Å². The van der Waals surface area contributed by atoms with Crippen LogP contribution < -0.4 is 5.69 Å². The van der Waals surface area contributed by atoms with E-state index in [0.29, 0.717) is 5.69 Å². The lowest BCUT2D eigenvalue weighted by atomic mass is 10.1. The topological polar surface area (TPSA) is 60.3 Å². The molecule has 1 N–H and O–H groups in total. The monoisotopic (exact) mass is 368 g/mol. The number of hydrogen-bond acceptors (Lipinski definition) is 3. The van der Waals surface area contributed by atoms with Gasteiger partial charge in [0.05, 0.1) is 11.1 Å². The molecule has 0 amide bonds. The molecular weight excluding hydrogens is 356 g/mol. The third kappa shape index (κ3) is 1.59. The van der Waals surface area contributed by atoms with Crippen molar-refractivity contribution >= 4 is 11.0 Å². The predicted molar refractivity (Wildman–Crippen MR) is 81.7 cm³/mol. The number of benzene rings is 1. The first kappa shape index (κ1) is 15.5. The molecule has 0 spiro atoms. The number of halogens is 4. The Morgan fingerprint density at radius 1 is 1.08 bits per heavy atom. The van der Waals surface area contributed by atoms with Crippen LogP contribution in [0.5, 0.6) is 5.88 Å². The quantitative estimate of drug-likeness (QED) is 0.404. The Balaban J connectivity index is 1.91. The van der Waals surface area contributed by atoms with Crippen molar-refractivity contribution in [3.05, 3.63) is 45.2 Å². The number of aromatic nitrogens is 2. The van der Waals surface area contributed by atoms with Crippen molar-refractivity contribution in [3.8, 4) is 11.6 Å². The molecule has 5 rings (SSSR count). The Labute approximate surface area is 143 Å². The van der Waals surface area contributed by atoms with Crippen LogP contribution >= 0.6 is 0 Å². The molecule has 2 atom stereocenters. The number of hydrogen-bond donors (Lipinski definition) is 1. The van der Waals surface area contributed by atoms with Crippen molar-refractivity contribution < 1.29 is 27.1 Å². The fraction of sp³-hybridized carbons (Fsp3) is 0.353. The maximum atomic E-state index is 14.4. The van der Waals surface area contributed by atoms with Gasteiger partial charge in [0.15, 0.2) is 17.2 Å². The fourth-order valence-corrected chi connectivity index (χ4v) is 4.46. The van der Waals surface area contributed by atoms with E-state index in [0.717, 1.165) is 23.8 Å². The van der Waals surface area contributed by atoms with E-state index in [1.54, 1.807) is 0 Å². The molecule has 0 saturated heterocycles. The van der Waals surface area contributed by atoms with Gasteiger partial charge in [-0.1, -0.05) is 0 Å². The summed E-state index contributed by atoms with van der Waals surface area (Å²) in [5.41, 5.74) is -1.36. The molecule has 0 unspecified atom stereocenters. The van der Waals surface area contributed by atoms with E-state index in [-0.39, 0.29) is 23.4 Å². The number of nitrogens with zero attached hydrogens (tertiary/aromatic N) is 2. The van der Waals surface area contributed by atoms with Crippen LogP contribution in [-0.4, -0.2) is 14.2 Å². The highest BCUT2D eigenvalue weighted by molar-refractivity contribution is 5.89. The highest BCUT2D eigenvalue weighted by Crippen LogP contribution is 2.51. The summed E-state index contributed by atoms with van der Waals surface area (Å²) in [6.07, 6.45) is 2.34. The van der Waals surface area contributed by atoms with E-state index < -0.39 is 45.8 Å². The van der Waals surface area contributed by atoms with Gasteiger partial charge in [-0.15, -0.1) is 0 Å². The van der Waals surface area contributed by atoms with Crippen LogP contribution in [0.15, 0.2) is 9.21 Å². The van der Waals surface area contributed by atoms with Gasteiger partial charge in [-0.05, 0) is 26.2 Å². The molecule has 5 nitrogen and oxygen atoms in total. The molecule has 1 fully saturated rings. The minimum atomic E-state index is -2.00. The van der Waals surface area contributed by atoms with Crippen molar-refractivity contribution in [2.75, 3.05) is 0 Å². The number of imidazole rings is 1. The Morgan fingerprint density at radius 2 is 1.77 bits per heavy atom. The average Bonchev–Trinajstić information content (AvgIpc) is 3.35. The first-order chi connectivity index (χ1) is 12.3. The maximum absolute atomic E-state index is 14.4. The standard InChI is InChI=1S/C17H12F4N2O3/c1-5-13(8-9(18)10(19)11(20)12(21)15(8)26-5)23-16(24)14-6-2-3-7(4-6)22(14)17(23)25/h6-7,24H,2-4H2,1H3/t6-,7+/m1/s1. The van der Waals surface area contributed by atoms with Gasteiger partial charge >= 0.3 is 5.69 Å². The zero-order valence-corrected chi connectivity index (χ0v) is 13.4. The van der Waals surface area contributed by atoms with Crippen molar-refractivity contribution in [1.29, 1.82) is 0 Å². The molecule has 2 aliphatic rings. The molecule has 26 heavy (non-hydrogen) atoms. The van der Waals surface area contributed by atoms with Gasteiger partial charge in [0.1, 0.15) is 11.4 Å². The second kappa shape index (κ2) is 4.72. The van der Waals surface area contributed by atoms with E-state index >= 15 is 0 Å². The molecule has 3 heterocycles. The zero-order chi connectivity index (χ0) is 18.5. The van der Waals surface area contributed by atoms with Gasteiger partial charge in [0, 0.05) is 12.0 Å². The van der Waals surface area contributed by atoms with Gasteiger partial charge in [0.2, 0.25) is 17.5 Å². The highest BCUT2D eigenvalue weighted by Gasteiger charge is 2.43. The highest BCUT2D eigenvalue weighted by atomic mass is 19.2. The lowest BCUT2D eigenvalue weighted by Crippen LogP contribution is -2.25. The summed E-state index contributed by atoms with van der Waals surface area (Å²) >= 11 is 0. The van der Waals surface area contributed by atoms with E-state index in [9.17, 15) is 27.5 Å². The molecule has 9 heteroatoms. The predicted octanol–water partition coefficient (Wildman–Crippen LogP) is 3.78. The third-order valence-electron chi connectivity index (χ3n) is 5.53. The van der Waals surface area contributed by atoms with Gasteiger partial charge in [-0.3, -0.25) is 4.57 Å². The molecule has 0 radical (unpaired) electrons. The Kier molecular flexibility index (Phi) is 2.82. The van der Waals surface area contributed by atoms with Crippen molar-refractivity contribution in [1.82, 2.24) is 9.13 Å². The van der Waals surface area contributed by atoms with Gasteiger partial charge in [-0.2, -0.15) is 4.39 Å². The molecule has 1 aliphatic heterocycles. The van der Waals surface area contributed by atoms with Crippen LogP contribution in [0.4, 0.5) is 17.6 Å². The van der Waals surface area contributed by atoms with Crippen molar-refractivity contribution in [2.24, 2.45) is 0 Å². The molecule has 2 bridgehead atoms. The van der Waals surface area contributed by atoms with E-state index in [1.807, 2.05) is 0 Å². The summed E-state index contributed by atoms with van der Waals surface area (Å²) < 4.78 is 62.9. The smallest absolute Gasteiger partial charge is 0.336 e. The second-order valence-electron chi connectivity index (χ2n) is 6.83. The van der Waals surface area contributed by atoms with Gasteiger partial charge in [-0.25, -0.2) is 22.5 Å². The lowest BCUT2D eigenvalue weighted by molar-refractivity contribution is 0.409. The van der Waals surface area contributed by atoms with Gasteiger partial charge in [0.25, 0.3) is 0 Å². The maximum Gasteiger partial charge on any atom is 0.336 e. The van der Waals surface area contributed by atoms with E-state index in [2.05, 4.69) is 0 Å². The summed E-state index contributed by atoms with van der Waals surface area (Å²) in [4.78, 5) is 12.9. The third-order valence-corrected chi connectivity index (χ3v) is 5.53. The summed E-state index contributed by atoms with van der Waals surface area (Å²) in [5, 5.41) is 9.89. The number of aryl methyl sites for hydroxylation is 1. The number of furan rings is 1. The summed E-state index contributed by atoms with van der Waals surface area (Å²) in [6.45, 7) is 1.30. The molecule has 136 valence electrons. The minimum Gasteiger partial charge on any atom is -0.493 e. The van der Waals surface area contributed by atoms with Crippen LogP contribution in [-0.2, 0) is 0 Å². The zero-order valence-electron chi connectivity index (χ0n) is 13.4. The summed E-state index contributed by atoms with van der Waals surface area (Å²) in [7, 11) is 0. The molecule has 1 aliphatic carbocycles. The van der Waals surface area contributed by atoms with Crippen LogP contribution in [0.2, 0.25) is 0 Å². The van der Waals surface area contributed by atoms with Crippen molar-refractivity contribution in [2.45, 2.75) is 38.1 Å². The van der Waals surface area contributed by atoms with Gasteiger partial charge < -0.3 is 9.52 Å². The summed E-state index contributed by atoms with van der Waals surface area (Å²) in [5.74, 6) is -7.91. The molecule has 1 saturated carbocycles. The molecule has 2 aromatic heterocycles. The minimum absolute atomic E-state index is 0.00295. The number of rotatable bonds is 1. The molecule has 3 aromatic rings. The first-order valence-electron chi connectivity index (χ1n) is 8.14. The lowest BCUT2D eigenvalue weighted by Gasteiger charge is -2.11. The summed E-state index contributed by atoms with van der Waals surface area (Å²) in [6, 6.07) is -0.0658. The molecule has 1 aromatic carbocycles. The Hall–Kier alpha value is -2.71. The van der Waals surface area contributed by atoms with Crippen LogP contribution in [0.3, 0.4) is 0 Å². The Bertz CT molecular complexity index is 1170. The second-order valence-corrected chi connectivity index (χ2v) is 6.83. The number of fused-ring (bicyclic) bond motifs is 6. The van der Waals surface area contributed by atoms with Crippen molar-refractivity contribution in [3.63, 3.8) is 0 Å². The Morgan fingerprint density at radius 3 is 2.46 bits per heavy atom. The van der Waals surface area contributed by atoms with E-state index in [1.165, 1.54) is 11.5 Å². The SMILES string of the molecule is Cc1oc2c(F)c(F)c(F)c(F)c2c1-n1c(O)c2n(c1=O)[C@H]1CC[C@@H]2C1. The normalized spacial score (nSPS) is 21.1. The average molecular weight is 368 g/mol. The van der Waals surface area contributed by atoms with Crippen LogP contribution in [0, 0.1) is 30.2 Å². The van der Waals surface area contributed by atoms with Crippen LogP contribution in [0.25, 0.3) is 16.7 Å². The largest absolute Gasteiger partial charge is 0.493 e. The fourth-order valence-electron chi connectivity index (χ4n) is 4.46.